The van der Waals surface area contributed by atoms with Crippen LogP contribution in [0.5, 0.6) is 0 Å². The first-order valence-corrected chi connectivity index (χ1v) is 10.8. The van der Waals surface area contributed by atoms with Crippen molar-refractivity contribution in [2.75, 3.05) is 4.90 Å². The smallest absolute Gasteiger partial charge is 0.270 e. The summed E-state index contributed by atoms with van der Waals surface area (Å²) < 4.78 is 2.88. The number of nitrogens with one attached hydrogen (secondary N) is 1. The van der Waals surface area contributed by atoms with Gasteiger partial charge in [0.25, 0.3) is 11.8 Å². The zero-order valence-electron chi connectivity index (χ0n) is 17.1. The molecule has 156 valence electrons. The van der Waals surface area contributed by atoms with Crippen molar-refractivity contribution in [3.63, 3.8) is 0 Å². The maximum atomic E-state index is 13.3. The second-order valence-electron chi connectivity index (χ2n) is 7.24. The van der Waals surface area contributed by atoms with Crippen LogP contribution in [-0.2, 0) is 9.59 Å². The molecule has 4 rings (SSSR count). The monoisotopic (exact) mass is 494 g/mol. The van der Waals surface area contributed by atoms with Crippen molar-refractivity contribution in [2.24, 2.45) is 0 Å². The minimum Gasteiger partial charge on any atom is -0.303 e. The van der Waals surface area contributed by atoms with Gasteiger partial charge in [-0.2, -0.15) is 0 Å². The highest BCUT2D eigenvalue weighted by atomic mass is 79.9. The van der Waals surface area contributed by atoms with Gasteiger partial charge in [-0.25, -0.2) is 4.98 Å². The van der Waals surface area contributed by atoms with Gasteiger partial charge >= 0.3 is 0 Å². The Labute approximate surface area is 193 Å². The van der Waals surface area contributed by atoms with E-state index < -0.39 is 11.8 Å². The largest absolute Gasteiger partial charge is 0.303 e. The second kappa shape index (κ2) is 8.20. The summed E-state index contributed by atoms with van der Waals surface area (Å²) in [6.07, 6.45) is 3.34. The van der Waals surface area contributed by atoms with Gasteiger partial charge in [0.1, 0.15) is 11.4 Å². The van der Waals surface area contributed by atoms with Crippen LogP contribution < -0.4 is 10.2 Å². The summed E-state index contributed by atoms with van der Waals surface area (Å²) in [5.74, 6) is -0.194. The van der Waals surface area contributed by atoms with E-state index in [1.165, 1.54) is 4.90 Å². The molecule has 1 aliphatic rings. The molecule has 0 unspecified atom stereocenters. The SMILES string of the molecule is Cc1cc(Br)ccc1N1C(=O)/C(=C/c2cc(C)n(-c3ccccn3)c2C)C(=O)NC1=S. The van der Waals surface area contributed by atoms with Gasteiger partial charge in [0.2, 0.25) is 0 Å². The number of rotatable bonds is 3. The number of hydrogen-bond donors (Lipinski definition) is 1. The normalized spacial score (nSPS) is 15.5. The first-order chi connectivity index (χ1) is 14.8. The number of halogens is 1. The molecule has 8 heteroatoms. The van der Waals surface area contributed by atoms with Crippen molar-refractivity contribution in [1.82, 2.24) is 14.9 Å². The van der Waals surface area contributed by atoms with E-state index in [1.807, 2.05) is 61.7 Å². The lowest BCUT2D eigenvalue weighted by Crippen LogP contribution is -2.54. The number of aryl methyl sites for hydroxylation is 2. The Morgan fingerprint density at radius 1 is 1.10 bits per heavy atom. The van der Waals surface area contributed by atoms with Crippen LogP contribution in [0.15, 0.2) is 58.7 Å². The van der Waals surface area contributed by atoms with E-state index in [2.05, 4.69) is 26.2 Å². The van der Waals surface area contributed by atoms with Crippen LogP contribution in [0.3, 0.4) is 0 Å². The van der Waals surface area contributed by atoms with Crippen molar-refractivity contribution in [2.45, 2.75) is 20.8 Å². The fourth-order valence-electron chi connectivity index (χ4n) is 3.67. The minimum atomic E-state index is -0.511. The molecule has 1 fully saturated rings. The van der Waals surface area contributed by atoms with Gasteiger partial charge in [0, 0.05) is 22.1 Å². The Kier molecular flexibility index (Phi) is 5.60. The number of carbonyl (C=O) groups excluding carboxylic acids is 2. The minimum absolute atomic E-state index is 0.0252. The Morgan fingerprint density at radius 3 is 2.55 bits per heavy atom. The fraction of sp³-hybridized carbons (Fsp3) is 0.130. The van der Waals surface area contributed by atoms with E-state index in [9.17, 15) is 9.59 Å². The third-order valence-corrected chi connectivity index (χ3v) is 5.93. The van der Waals surface area contributed by atoms with Gasteiger partial charge in [0.05, 0.1) is 5.69 Å². The summed E-state index contributed by atoms with van der Waals surface area (Å²) in [7, 11) is 0. The summed E-state index contributed by atoms with van der Waals surface area (Å²) in [6, 6.07) is 13.1. The lowest BCUT2D eigenvalue weighted by Gasteiger charge is -2.30. The predicted octanol–water partition coefficient (Wildman–Crippen LogP) is 4.39. The van der Waals surface area contributed by atoms with Crippen molar-refractivity contribution < 1.29 is 9.59 Å². The zero-order valence-corrected chi connectivity index (χ0v) is 19.5. The van der Waals surface area contributed by atoms with Crippen LogP contribution >= 0.6 is 28.1 Å². The molecule has 6 nitrogen and oxygen atoms in total. The van der Waals surface area contributed by atoms with Crippen LogP contribution in [0.25, 0.3) is 11.9 Å². The molecule has 1 saturated heterocycles. The van der Waals surface area contributed by atoms with Crippen LogP contribution in [0.4, 0.5) is 5.69 Å². The van der Waals surface area contributed by atoms with Gasteiger partial charge in [-0.05, 0) is 86.6 Å². The van der Waals surface area contributed by atoms with Crippen molar-refractivity contribution in [1.29, 1.82) is 0 Å². The number of pyridine rings is 1. The van der Waals surface area contributed by atoms with E-state index in [4.69, 9.17) is 12.2 Å². The molecule has 2 amide bonds. The standard InChI is InChI=1S/C23H19BrN4O2S/c1-13-10-17(24)7-8-19(13)28-22(30)18(21(29)26-23(28)31)12-16-11-14(2)27(15(16)3)20-6-4-5-9-25-20/h4-12H,1-3H3,(H,26,29,31)/b18-12+. The first-order valence-electron chi connectivity index (χ1n) is 9.56. The topological polar surface area (TPSA) is 67.2 Å². The molecule has 0 spiro atoms. The Hall–Kier alpha value is -3.10. The van der Waals surface area contributed by atoms with Gasteiger partial charge < -0.3 is 4.57 Å². The molecular formula is C23H19BrN4O2S. The number of thiocarbonyl (C=S) groups is 1. The molecule has 0 radical (unpaired) electrons. The average molecular weight is 495 g/mol. The third-order valence-electron chi connectivity index (χ3n) is 5.15. The summed E-state index contributed by atoms with van der Waals surface area (Å²) >= 11 is 8.74. The van der Waals surface area contributed by atoms with Gasteiger partial charge in [-0.15, -0.1) is 0 Å². The number of anilines is 1. The molecule has 1 aromatic carbocycles. The summed E-state index contributed by atoms with van der Waals surface area (Å²) in [6.45, 7) is 5.77. The molecule has 3 heterocycles. The van der Waals surface area contributed by atoms with E-state index >= 15 is 0 Å². The molecular weight excluding hydrogens is 476 g/mol. The zero-order chi connectivity index (χ0) is 22.3. The van der Waals surface area contributed by atoms with Crippen LogP contribution in [0.1, 0.15) is 22.5 Å². The lowest BCUT2D eigenvalue weighted by atomic mass is 10.1. The molecule has 1 aliphatic heterocycles. The number of benzene rings is 1. The molecule has 2 aromatic heterocycles. The molecule has 31 heavy (non-hydrogen) atoms. The first kappa shape index (κ1) is 21.1. The Morgan fingerprint density at radius 2 is 1.87 bits per heavy atom. The average Bonchev–Trinajstić information content (AvgIpc) is 3.00. The van der Waals surface area contributed by atoms with Crippen LogP contribution in [0.2, 0.25) is 0 Å². The Bertz CT molecular complexity index is 1260. The Balaban J connectivity index is 1.78. The molecule has 0 aliphatic carbocycles. The summed E-state index contributed by atoms with van der Waals surface area (Å²) in [5.41, 5.74) is 4.10. The molecule has 0 bridgehead atoms. The predicted molar refractivity (Wildman–Crippen MR) is 128 cm³/mol. The van der Waals surface area contributed by atoms with E-state index in [0.29, 0.717) is 5.69 Å². The summed E-state index contributed by atoms with van der Waals surface area (Å²) in [5, 5.41) is 2.71. The fourth-order valence-corrected chi connectivity index (χ4v) is 4.42. The maximum absolute atomic E-state index is 13.3. The highest BCUT2D eigenvalue weighted by Gasteiger charge is 2.35. The van der Waals surface area contributed by atoms with Crippen molar-refractivity contribution in [3.8, 4) is 5.82 Å². The quantitative estimate of drug-likeness (QED) is 0.333. The highest BCUT2D eigenvalue weighted by molar-refractivity contribution is 9.10. The summed E-state index contributed by atoms with van der Waals surface area (Å²) in [4.78, 5) is 31.8. The van der Waals surface area contributed by atoms with Crippen LogP contribution in [-0.4, -0.2) is 26.5 Å². The number of hydrogen-bond acceptors (Lipinski definition) is 4. The number of amides is 2. The van der Waals surface area contributed by atoms with Gasteiger partial charge in [-0.3, -0.25) is 19.8 Å². The van der Waals surface area contributed by atoms with Crippen LogP contribution in [0, 0.1) is 20.8 Å². The molecule has 1 N–H and O–H groups in total. The van der Waals surface area contributed by atoms with Gasteiger partial charge in [0.15, 0.2) is 5.11 Å². The van der Waals surface area contributed by atoms with E-state index in [1.54, 1.807) is 18.3 Å². The second-order valence-corrected chi connectivity index (χ2v) is 8.54. The molecule has 3 aromatic rings. The van der Waals surface area contributed by atoms with Crippen molar-refractivity contribution in [3.05, 3.63) is 81.2 Å². The van der Waals surface area contributed by atoms with Gasteiger partial charge in [-0.1, -0.05) is 22.0 Å². The number of carbonyl (C=O) groups is 2. The lowest BCUT2D eigenvalue weighted by molar-refractivity contribution is -0.122. The van der Waals surface area contributed by atoms with Crippen molar-refractivity contribution >= 4 is 56.8 Å². The number of aromatic nitrogens is 2. The number of nitrogens with zero attached hydrogens (tertiary/aromatic N) is 3. The molecule has 0 atom stereocenters. The van der Waals surface area contributed by atoms with E-state index in [-0.39, 0.29) is 10.7 Å². The maximum Gasteiger partial charge on any atom is 0.270 e. The highest BCUT2D eigenvalue weighted by Crippen LogP contribution is 2.29. The molecule has 0 saturated carbocycles. The third kappa shape index (κ3) is 3.84. The van der Waals surface area contributed by atoms with E-state index in [0.717, 1.165) is 32.8 Å².